The molecule has 0 spiro atoms. The van der Waals surface area contributed by atoms with Crippen molar-refractivity contribution in [1.82, 2.24) is 4.90 Å². The van der Waals surface area contributed by atoms with Crippen LogP contribution in [-0.4, -0.2) is 25.1 Å². The molecular weight excluding hydrogens is 217 g/mol. The zero-order valence-corrected chi connectivity index (χ0v) is 10.6. The molecule has 0 N–H and O–H groups in total. The molecule has 0 radical (unpaired) electrons. The van der Waals surface area contributed by atoms with Crippen LogP contribution in [0.15, 0.2) is 18.2 Å². The highest BCUT2D eigenvalue weighted by Crippen LogP contribution is 2.35. The molecule has 0 aliphatic carbocycles. The van der Waals surface area contributed by atoms with Crippen LogP contribution in [-0.2, 0) is 0 Å². The number of halogens is 1. The van der Waals surface area contributed by atoms with Crippen LogP contribution in [0.4, 0.5) is 4.39 Å². The lowest BCUT2D eigenvalue weighted by molar-refractivity contribution is 0.164. The highest BCUT2D eigenvalue weighted by Gasteiger charge is 2.24. The second kappa shape index (κ2) is 5.50. The van der Waals surface area contributed by atoms with Crippen LogP contribution in [0.1, 0.15) is 37.8 Å². The standard InChI is InChI=1S/C14H20FNO/c1-3-4-8-16(2)13-7-9-17-14-6-5-11(15)10-12(13)14/h5-6,10,13H,3-4,7-9H2,1-2H3. The summed E-state index contributed by atoms with van der Waals surface area (Å²) in [5, 5.41) is 0. The average Bonchev–Trinajstić information content (AvgIpc) is 2.35. The van der Waals surface area contributed by atoms with Crippen LogP contribution >= 0.6 is 0 Å². The van der Waals surface area contributed by atoms with Crippen LogP contribution in [0.3, 0.4) is 0 Å². The lowest BCUT2D eigenvalue weighted by Gasteiger charge is -2.33. The highest BCUT2D eigenvalue weighted by molar-refractivity contribution is 5.38. The van der Waals surface area contributed by atoms with E-state index in [0.717, 1.165) is 30.9 Å². The molecule has 1 unspecified atom stereocenters. The smallest absolute Gasteiger partial charge is 0.124 e. The number of hydrogen-bond donors (Lipinski definition) is 0. The minimum Gasteiger partial charge on any atom is -0.493 e. The van der Waals surface area contributed by atoms with Crippen molar-refractivity contribution >= 4 is 0 Å². The van der Waals surface area contributed by atoms with Gasteiger partial charge in [0.15, 0.2) is 0 Å². The van der Waals surface area contributed by atoms with Crippen molar-refractivity contribution in [3.8, 4) is 5.75 Å². The predicted octanol–water partition coefficient (Wildman–Crippen LogP) is 3.38. The first-order chi connectivity index (χ1) is 8.22. The molecule has 0 aromatic heterocycles. The predicted molar refractivity (Wildman–Crippen MR) is 66.8 cm³/mol. The van der Waals surface area contributed by atoms with E-state index in [0.29, 0.717) is 6.04 Å². The van der Waals surface area contributed by atoms with Gasteiger partial charge in [0.05, 0.1) is 6.61 Å². The van der Waals surface area contributed by atoms with E-state index >= 15 is 0 Å². The molecule has 1 heterocycles. The number of hydrogen-bond acceptors (Lipinski definition) is 2. The molecule has 0 amide bonds. The molecule has 1 aliphatic heterocycles. The molecule has 2 rings (SSSR count). The zero-order valence-electron chi connectivity index (χ0n) is 10.6. The molecule has 0 saturated carbocycles. The van der Waals surface area contributed by atoms with Gasteiger partial charge < -0.3 is 4.74 Å². The Morgan fingerprint density at radius 3 is 3.06 bits per heavy atom. The second-order valence-corrected chi connectivity index (χ2v) is 4.67. The quantitative estimate of drug-likeness (QED) is 0.796. The third-order valence-corrected chi connectivity index (χ3v) is 3.38. The monoisotopic (exact) mass is 237 g/mol. The van der Waals surface area contributed by atoms with E-state index in [2.05, 4.69) is 18.9 Å². The van der Waals surface area contributed by atoms with Gasteiger partial charge in [0.25, 0.3) is 0 Å². The summed E-state index contributed by atoms with van der Waals surface area (Å²) in [7, 11) is 2.11. The maximum atomic E-state index is 13.3. The van der Waals surface area contributed by atoms with Crippen LogP contribution in [0.5, 0.6) is 5.75 Å². The fourth-order valence-electron chi connectivity index (χ4n) is 2.37. The Morgan fingerprint density at radius 2 is 2.29 bits per heavy atom. The number of ether oxygens (including phenoxy) is 1. The molecule has 1 aromatic rings. The number of benzene rings is 1. The van der Waals surface area contributed by atoms with Crippen molar-refractivity contribution in [2.75, 3.05) is 20.2 Å². The first-order valence-corrected chi connectivity index (χ1v) is 6.35. The van der Waals surface area contributed by atoms with Crippen LogP contribution < -0.4 is 4.74 Å². The molecule has 17 heavy (non-hydrogen) atoms. The maximum Gasteiger partial charge on any atom is 0.124 e. The number of nitrogens with zero attached hydrogens (tertiary/aromatic N) is 1. The van der Waals surface area contributed by atoms with Crippen molar-refractivity contribution < 1.29 is 9.13 Å². The molecule has 94 valence electrons. The van der Waals surface area contributed by atoms with E-state index in [9.17, 15) is 4.39 Å². The van der Waals surface area contributed by atoms with Crippen LogP contribution in [0.25, 0.3) is 0 Å². The Morgan fingerprint density at radius 1 is 1.47 bits per heavy atom. The van der Waals surface area contributed by atoms with E-state index in [1.165, 1.54) is 18.9 Å². The van der Waals surface area contributed by atoms with Crippen molar-refractivity contribution in [3.63, 3.8) is 0 Å². The lowest BCUT2D eigenvalue weighted by atomic mass is 9.99. The number of fused-ring (bicyclic) bond motifs is 1. The van der Waals surface area contributed by atoms with Gasteiger partial charge in [-0.2, -0.15) is 0 Å². The first kappa shape index (κ1) is 12.4. The third-order valence-electron chi connectivity index (χ3n) is 3.38. The Labute approximate surface area is 102 Å². The lowest BCUT2D eigenvalue weighted by Crippen LogP contribution is -2.30. The summed E-state index contributed by atoms with van der Waals surface area (Å²) < 4.78 is 18.9. The Kier molecular flexibility index (Phi) is 4.00. The summed E-state index contributed by atoms with van der Waals surface area (Å²) in [4.78, 5) is 2.31. The van der Waals surface area contributed by atoms with Gasteiger partial charge in [-0.1, -0.05) is 13.3 Å². The molecule has 3 heteroatoms. The van der Waals surface area contributed by atoms with E-state index < -0.39 is 0 Å². The molecule has 2 nitrogen and oxygen atoms in total. The Bertz CT molecular complexity index is 380. The van der Waals surface area contributed by atoms with Gasteiger partial charge in [0, 0.05) is 18.0 Å². The van der Waals surface area contributed by atoms with E-state index in [-0.39, 0.29) is 5.82 Å². The summed E-state index contributed by atoms with van der Waals surface area (Å²) in [5.41, 5.74) is 0.995. The van der Waals surface area contributed by atoms with Gasteiger partial charge in [0.2, 0.25) is 0 Å². The SMILES string of the molecule is CCCCN(C)C1CCOc2ccc(F)cc21. The number of rotatable bonds is 4. The molecule has 1 atom stereocenters. The van der Waals surface area contributed by atoms with Crippen molar-refractivity contribution in [1.29, 1.82) is 0 Å². The molecule has 0 bridgehead atoms. The molecule has 0 fully saturated rings. The summed E-state index contributed by atoms with van der Waals surface area (Å²) in [6.45, 7) is 3.96. The van der Waals surface area contributed by atoms with Crippen LogP contribution in [0, 0.1) is 5.82 Å². The fourth-order valence-corrected chi connectivity index (χ4v) is 2.37. The minimum absolute atomic E-state index is 0.178. The third kappa shape index (κ3) is 2.78. The van der Waals surface area contributed by atoms with Gasteiger partial charge in [-0.3, -0.25) is 4.90 Å². The molecule has 1 aromatic carbocycles. The van der Waals surface area contributed by atoms with E-state index in [1.54, 1.807) is 12.1 Å². The van der Waals surface area contributed by atoms with E-state index in [1.807, 2.05) is 0 Å². The topological polar surface area (TPSA) is 12.5 Å². The minimum atomic E-state index is -0.178. The van der Waals surface area contributed by atoms with Crippen molar-refractivity contribution in [2.24, 2.45) is 0 Å². The summed E-state index contributed by atoms with van der Waals surface area (Å²) in [6, 6.07) is 5.11. The van der Waals surface area contributed by atoms with E-state index in [4.69, 9.17) is 4.74 Å². The van der Waals surface area contributed by atoms with Crippen molar-refractivity contribution in [2.45, 2.75) is 32.2 Å². The molecular formula is C14H20FNO. The average molecular weight is 237 g/mol. The normalized spacial score (nSPS) is 18.9. The van der Waals surface area contributed by atoms with Gasteiger partial charge >= 0.3 is 0 Å². The summed E-state index contributed by atoms with van der Waals surface area (Å²) in [6.07, 6.45) is 3.30. The zero-order chi connectivity index (χ0) is 12.3. The first-order valence-electron chi connectivity index (χ1n) is 6.35. The largest absolute Gasteiger partial charge is 0.493 e. The van der Waals surface area contributed by atoms with Gasteiger partial charge in [-0.15, -0.1) is 0 Å². The number of unbranched alkanes of at least 4 members (excludes halogenated alkanes) is 1. The van der Waals surface area contributed by atoms with Gasteiger partial charge in [-0.25, -0.2) is 4.39 Å². The summed E-state index contributed by atoms with van der Waals surface area (Å²) in [5.74, 6) is 0.661. The van der Waals surface area contributed by atoms with Gasteiger partial charge in [0.1, 0.15) is 11.6 Å². The second-order valence-electron chi connectivity index (χ2n) is 4.67. The van der Waals surface area contributed by atoms with Crippen LogP contribution in [0.2, 0.25) is 0 Å². The van der Waals surface area contributed by atoms with Crippen molar-refractivity contribution in [3.05, 3.63) is 29.6 Å². The Hall–Kier alpha value is -1.09. The van der Waals surface area contributed by atoms with Gasteiger partial charge in [-0.05, 0) is 38.2 Å². The highest BCUT2D eigenvalue weighted by atomic mass is 19.1. The Balaban J connectivity index is 2.18. The maximum absolute atomic E-state index is 13.3. The molecule has 1 aliphatic rings. The molecule has 0 saturated heterocycles. The summed E-state index contributed by atoms with van der Waals surface area (Å²) >= 11 is 0. The fraction of sp³-hybridized carbons (Fsp3) is 0.571.